The van der Waals surface area contributed by atoms with Crippen LogP contribution < -0.4 is 0 Å². The van der Waals surface area contributed by atoms with Gasteiger partial charge in [0.1, 0.15) is 11.3 Å². The van der Waals surface area contributed by atoms with Gasteiger partial charge in [0.05, 0.1) is 18.4 Å². The molecule has 0 bridgehead atoms. The summed E-state index contributed by atoms with van der Waals surface area (Å²) in [5, 5.41) is 9.52. The summed E-state index contributed by atoms with van der Waals surface area (Å²) in [4.78, 5) is 23.3. The number of benzene rings is 2. The number of phenols is 1. The number of hydrogen-bond donors (Lipinski definition) is 1. The minimum Gasteiger partial charge on any atom is -0.507 e. The highest BCUT2D eigenvalue weighted by Crippen LogP contribution is 2.16. The van der Waals surface area contributed by atoms with Crippen LogP contribution in [0.3, 0.4) is 0 Å². The first-order valence-corrected chi connectivity index (χ1v) is 7.04. The van der Waals surface area contributed by atoms with Crippen LogP contribution in [0.25, 0.3) is 0 Å². The van der Waals surface area contributed by atoms with Crippen LogP contribution in [-0.4, -0.2) is 23.7 Å². The van der Waals surface area contributed by atoms with E-state index in [0.29, 0.717) is 12.0 Å². The van der Waals surface area contributed by atoms with E-state index in [1.807, 2.05) is 6.07 Å². The van der Waals surface area contributed by atoms with Gasteiger partial charge in [0, 0.05) is 6.42 Å². The van der Waals surface area contributed by atoms with Gasteiger partial charge in [-0.25, -0.2) is 9.59 Å². The van der Waals surface area contributed by atoms with Crippen LogP contribution in [0.5, 0.6) is 5.75 Å². The maximum atomic E-state index is 11.7. The molecule has 0 fully saturated rings. The van der Waals surface area contributed by atoms with Crippen LogP contribution in [0.15, 0.2) is 66.9 Å². The van der Waals surface area contributed by atoms with Crippen molar-refractivity contribution in [3.63, 3.8) is 0 Å². The van der Waals surface area contributed by atoms with Gasteiger partial charge in [-0.05, 0) is 30.3 Å². The van der Waals surface area contributed by atoms with E-state index in [-0.39, 0.29) is 17.9 Å². The van der Waals surface area contributed by atoms with Gasteiger partial charge in [0.25, 0.3) is 0 Å². The second kappa shape index (κ2) is 8.38. The summed E-state index contributed by atoms with van der Waals surface area (Å²) in [5.41, 5.74) is 0.579. The average Bonchev–Trinajstić information content (AvgIpc) is 2.58. The van der Waals surface area contributed by atoms with Crippen molar-refractivity contribution in [2.24, 2.45) is 0 Å². The van der Waals surface area contributed by atoms with Gasteiger partial charge >= 0.3 is 11.9 Å². The van der Waals surface area contributed by atoms with Crippen LogP contribution in [-0.2, 0) is 9.47 Å². The molecule has 0 unspecified atom stereocenters. The topological polar surface area (TPSA) is 72.8 Å². The largest absolute Gasteiger partial charge is 0.507 e. The Hall–Kier alpha value is -3.08. The molecule has 1 N–H and O–H groups in total. The standard InChI is InChI=1S/C18H16O5/c19-16-11-5-4-10-15(16)18(21)23-13-7-6-12-22-17(20)14-8-2-1-3-9-14/h1-6,8-12,19H,7,13H2. The van der Waals surface area contributed by atoms with Gasteiger partial charge in [-0.2, -0.15) is 0 Å². The van der Waals surface area contributed by atoms with E-state index in [9.17, 15) is 14.7 Å². The van der Waals surface area contributed by atoms with Crippen LogP contribution >= 0.6 is 0 Å². The first kappa shape index (κ1) is 16.3. The molecule has 0 aromatic heterocycles. The fourth-order valence-electron chi connectivity index (χ4n) is 1.76. The Balaban J connectivity index is 1.70. The normalized spacial score (nSPS) is 10.4. The molecule has 118 valence electrons. The number of carbonyl (C=O) groups is 2. The van der Waals surface area contributed by atoms with Crippen molar-refractivity contribution in [1.82, 2.24) is 0 Å². The number of esters is 2. The highest BCUT2D eigenvalue weighted by molar-refractivity contribution is 5.92. The molecule has 5 heteroatoms. The van der Waals surface area contributed by atoms with E-state index < -0.39 is 11.9 Å². The fraction of sp³-hybridized carbons (Fsp3) is 0.111. The highest BCUT2D eigenvalue weighted by Gasteiger charge is 2.10. The molecule has 0 heterocycles. The molecule has 23 heavy (non-hydrogen) atoms. The molecule has 0 saturated carbocycles. The molecule has 0 amide bonds. The first-order valence-electron chi connectivity index (χ1n) is 7.04. The van der Waals surface area contributed by atoms with E-state index in [4.69, 9.17) is 9.47 Å². The number of aromatic hydroxyl groups is 1. The molecule has 2 aromatic rings. The Labute approximate surface area is 133 Å². The van der Waals surface area contributed by atoms with E-state index in [1.165, 1.54) is 18.4 Å². The van der Waals surface area contributed by atoms with Crippen LogP contribution in [0, 0.1) is 0 Å². The predicted octanol–water partition coefficient (Wildman–Crippen LogP) is 3.31. The number of rotatable bonds is 6. The lowest BCUT2D eigenvalue weighted by atomic mass is 10.2. The number of ether oxygens (including phenoxy) is 2. The smallest absolute Gasteiger partial charge is 0.342 e. The lowest BCUT2D eigenvalue weighted by molar-refractivity contribution is 0.0505. The fourth-order valence-corrected chi connectivity index (χ4v) is 1.76. The van der Waals surface area contributed by atoms with Gasteiger partial charge in [-0.1, -0.05) is 30.3 Å². The molecule has 0 aliphatic carbocycles. The van der Waals surface area contributed by atoms with Crippen molar-refractivity contribution in [3.8, 4) is 5.75 Å². The Morgan fingerprint density at radius 3 is 2.39 bits per heavy atom. The molecular weight excluding hydrogens is 296 g/mol. The SMILES string of the molecule is O=C(OC=CCCOC(=O)c1ccccc1O)c1ccccc1. The van der Waals surface area contributed by atoms with Crippen molar-refractivity contribution >= 4 is 11.9 Å². The third-order valence-corrected chi connectivity index (χ3v) is 2.92. The third-order valence-electron chi connectivity index (χ3n) is 2.92. The zero-order valence-corrected chi connectivity index (χ0v) is 12.3. The summed E-state index contributed by atoms with van der Waals surface area (Å²) < 4.78 is 9.95. The number of phenolic OH excluding ortho intramolecular Hbond substituents is 1. The maximum absolute atomic E-state index is 11.7. The zero-order chi connectivity index (χ0) is 16.5. The van der Waals surface area contributed by atoms with Gasteiger partial charge < -0.3 is 14.6 Å². The molecule has 0 aliphatic heterocycles. The summed E-state index contributed by atoms with van der Waals surface area (Å²) in [6.45, 7) is 0.118. The second-order valence-corrected chi connectivity index (χ2v) is 4.58. The predicted molar refractivity (Wildman–Crippen MR) is 84.0 cm³/mol. The van der Waals surface area contributed by atoms with Crippen LogP contribution in [0.1, 0.15) is 27.1 Å². The monoisotopic (exact) mass is 312 g/mol. The van der Waals surface area contributed by atoms with Crippen molar-refractivity contribution in [2.75, 3.05) is 6.61 Å². The molecule has 5 nitrogen and oxygen atoms in total. The van der Waals surface area contributed by atoms with E-state index in [1.54, 1.807) is 42.5 Å². The minimum absolute atomic E-state index is 0.118. The Bertz CT molecular complexity index is 692. The summed E-state index contributed by atoms with van der Waals surface area (Å²) in [6, 6.07) is 14.8. The van der Waals surface area contributed by atoms with Gasteiger partial charge in [-0.3, -0.25) is 0 Å². The van der Waals surface area contributed by atoms with Crippen molar-refractivity contribution in [2.45, 2.75) is 6.42 Å². The van der Waals surface area contributed by atoms with Gasteiger partial charge in [0.15, 0.2) is 0 Å². The number of hydrogen-bond acceptors (Lipinski definition) is 5. The van der Waals surface area contributed by atoms with E-state index in [0.717, 1.165) is 0 Å². The van der Waals surface area contributed by atoms with Gasteiger partial charge in [-0.15, -0.1) is 0 Å². The van der Waals surface area contributed by atoms with Crippen LogP contribution in [0.2, 0.25) is 0 Å². The van der Waals surface area contributed by atoms with Crippen molar-refractivity contribution < 1.29 is 24.2 Å². The second-order valence-electron chi connectivity index (χ2n) is 4.58. The third kappa shape index (κ3) is 5.00. The van der Waals surface area contributed by atoms with Crippen molar-refractivity contribution in [3.05, 3.63) is 78.1 Å². The molecule has 0 aliphatic rings. The summed E-state index contributed by atoms with van der Waals surface area (Å²) in [5.74, 6) is -1.17. The summed E-state index contributed by atoms with van der Waals surface area (Å²) in [6.07, 6.45) is 3.24. The highest BCUT2D eigenvalue weighted by atomic mass is 16.5. The van der Waals surface area contributed by atoms with Crippen LogP contribution in [0.4, 0.5) is 0 Å². The Morgan fingerprint density at radius 1 is 0.957 bits per heavy atom. The quantitative estimate of drug-likeness (QED) is 0.503. The minimum atomic E-state index is -0.599. The maximum Gasteiger partial charge on any atom is 0.342 e. The Kier molecular flexibility index (Phi) is 5.94. The summed E-state index contributed by atoms with van der Waals surface area (Å²) in [7, 11) is 0. The molecule has 0 atom stereocenters. The van der Waals surface area contributed by atoms with Crippen molar-refractivity contribution in [1.29, 1.82) is 0 Å². The molecule has 0 radical (unpaired) electrons. The summed E-state index contributed by atoms with van der Waals surface area (Å²) >= 11 is 0. The molecular formula is C18H16O5. The zero-order valence-electron chi connectivity index (χ0n) is 12.3. The first-order chi connectivity index (χ1) is 11.2. The molecule has 0 saturated heterocycles. The lowest BCUT2D eigenvalue weighted by Crippen LogP contribution is -2.06. The molecule has 0 spiro atoms. The average molecular weight is 312 g/mol. The Morgan fingerprint density at radius 2 is 1.65 bits per heavy atom. The number of carbonyl (C=O) groups excluding carboxylic acids is 2. The molecule has 2 rings (SSSR count). The lowest BCUT2D eigenvalue weighted by Gasteiger charge is -2.04. The number of para-hydroxylation sites is 1. The molecule has 2 aromatic carbocycles. The van der Waals surface area contributed by atoms with E-state index >= 15 is 0 Å². The van der Waals surface area contributed by atoms with Gasteiger partial charge in [0.2, 0.25) is 0 Å². The van der Waals surface area contributed by atoms with E-state index in [2.05, 4.69) is 0 Å².